The third-order valence-corrected chi connectivity index (χ3v) is 11.9. The fraction of sp³-hybridized carbons (Fsp3) is 0.512. The molecule has 0 spiro atoms. The molecular weight excluding hydrogens is 678 g/mol. The van der Waals surface area contributed by atoms with Crippen molar-refractivity contribution in [1.29, 1.82) is 0 Å². The zero-order valence-corrected chi connectivity index (χ0v) is 30.6. The number of anilines is 1. The topological polar surface area (TPSA) is 93.2 Å². The molecule has 7 heterocycles. The van der Waals surface area contributed by atoms with E-state index in [9.17, 15) is 9.18 Å². The highest BCUT2D eigenvalue weighted by atomic mass is 19.1. The first-order chi connectivity index (χ1) is 25.5. The molecular formula is C41H44F2N6O4. The Bertz CT molecular complexity index is 2180. The molecule has 2 aromatic carbocycles. The van der Waals surface area contributed by atoms with Crippen LogP contribution in [0.5, 0.6) is 11.9 Å². The van der Waals surface area contributed by atoms with Crippen molar-refractivity contribution in [1.82, 2.24) is 24.8 Å². The molecule has 6 atom stereocenters. The Labute approximate surface area is 307 Å². The predicted molar refractivity (Wildman–Crippen MR) is 197 cm³/mol. The molecule has 4 aromatic rings. The van der Waals surface area contributed by atoms with Gasteiger partial charge in [0.05, 0.1) is 23.7 Å². The smallest absolute Gasteiger partial charge is 0.410 e. The fourth-order valence-corrected chi connectivity index (χ4v) is 9.74. The second-order valence-corrected chi connectivity index (χ2v) is 16.2. The summed E-state index contributed by atoms with van der Waals surface area (Å²) >= 11 is 0. The van der Waals surface area contributed by atoms with Gasteiger partial charge in [-0.3, -0.25) is 9.80 Å². The van der Waals surface area contributed by atoms with E-state index < -0.39 is 29.2 Å². The van der Waals surface area contributed by atoms with Crippen molar-refractivity contribution in [3.8, 4) is 35.5 Å². The van der Waals surface area contributed by atoms with E-state index in [2.05, 4.69) is 15.7 Å². The average Bonchev–Trinajstić information content (AvgIpc) is 3.74. The largest absolute Gasteiger partial charge is 0.471 e. The number of alkyl halides is 1. The number of ether oxygens (including phenoxy) is 3. The number of hydrogen-bond donors (Lipinski definition) is 0. The summed E-state index contributed by atoms with van der Waals surface area (Å²) in [5.41, 5.74) is 0.0955. The highest BCUT2D eigenvalue weighted by Gasteiger charge is 2.55. The number of nitrogens with zero attached hydrogens (tertiary/aromatic N) is 6. The molecule has 0 N–H and O–H groups in total. The summed E-state index contributed by atoms with van der Waals surface area (Å²) < 4.78 is 51.3. The number of piperazine rings is 1. The Hall–Kier alpha value is -4.76. The van der Waals surface area contributed by atoms with Gasteiger partial charge in [0.15, 0.2) is 5.82 Å². The monoisotopic (exact) mass is 722 g/mol. The SMILES string of the molecule is C#Cc1cccc2cccc(-c3nc4c5c(nc(OC[C@@]67CCCN6C[C@H](F)C7)nc5c3F)N3C[C@H]5CC[C@@H]([C@H]3C(CC)O4)N5C(=O)OC(C)(C)C)c12. The Morgan fingerprint density at radius 1 is 1.11 bits per heavy atom. The van der Waals surface area contributed by atoms with Crippen LogP contribution in [0.15, 0.2) is 36.4 Å². The van der Waals surface area contributed by atoms with Gasteiger partial charge in [0.1, 0.15) is 46.9 Å². The van der Waals surface area contributed by atoms with Crippen molar-refractivity contribution < 1.29 is 27.8 Å². The molecule has 2 aromatic heterocycles. The van der Waals surface area contributed by atoms with Gasteiger partial charge in [0.2, 0.25) is 5.88 Å². The van der Waals surface area contributed by atoms with Gasteiger partial charge < -0.3 is 19.1 Å². The minimum absolute atomic E-state index is 0.0101. The van der Waals surface area contributed by atoms with Crippen molar-refractivity contribution in [2.45, 2.75) is 108 Å². The van der Waals surface area contributed by atoms with Gasteiger partial charge in [-0.2, -0.15) is 9.97 Å². The molecule has 4 saturated heterocycles. The van der Waals surface area contributed by atoms with E-state index in [0.29, 0.717) is 53.6 Å². The van der Waals surface area contributed by atoms with E-state index in [-0.39, 0.29) is 53.9 Å². The van der Waals surface area contributed by atoms with Crippen LogP contribution in [0.4, 0.5) is 19.4 Å². The number of rotatable bonds is 5. The van der Waals surface area contributed by atoms with Crippen molar-refractivity contribution in [2.75, 3.05) is 31.1 Å². The third kappa shape index (κ3) is 5.45. The van der Waals surface area contributed by atoms with Gasteiger partial charge in [0.25, 0.3) is 0 Å². The molecule has 4 fully saturated rings. The van der Waals surface area contributed by atoms with E-state index in [0.717, 1.165) is 37.6 Å². The number of carbonyl (C=O) groups is 1. The highest BCUT2D eigenvalue weighted by molar-refractivity contribution is 6.03. The third-order valence-electron chi connectivity index (χ3n) is 11.9. The minimum atomic E-state index is -0.927. The van der Waals surface area contributed by atoms with Crippen LogP contribution >= 0.6 is 0 Å². The summed E-state index contributed by atoms with van der Waals surface area (Å²) in [7, 11) is 0. The van der Waals surface area contributed by atoms with E-state index in [1.807, 2.05) is 69.0 Å². The highest BCUT2D eigenvalue weighted by Crippen LogP contribution is 2.48. The summed E-state index contributed by atoms with van der Waals surface area (Å²) in [5.74, 6) is 2.78. The average molecular weight is 723 g/mol. The first kappa shape index (κ1) is 34.0. The second-order valence-electron chi connectivity index (χ2n) is 16.2. The lowest BCUT2D eigenvalue weighted by atomic mass is 9.95. The van der Waals surface area contributed by atoms with Crippen molar-refractivity contribution in [2.24, 2.45) is 0 Å². The zero-order valence-electron chi connectivity index (χ0n) is 30.6. The number of hydrogen-bond acceptors (Lipinski definition) is 9. The van der Waals surface area contributed by atoms with Crippen LogP contribution in [-0.2, 0) is 4.74 Å². The van der Waals surface area contributed by atoms with Crippen molar-refractivity contribution >= 4 is 33.6 Å². The second kappa shape index (κ2) is 12.4. The number of fused-ring (bicyclic) bond motifs is 7. The Morgan fingerprint density at radius 2 is 1.92 bits per heavy atom. The van der Waals surface area contributed by atoms with Crippen LogP contribution in [0, 0.1) is 18.2 Å². The van der Waals surface area contributed by atoms with Crippen molar-refractivity contribution in [3.63, 3.8) is 0 Å². The summed E-state index contributed by atoms with van der Waals surface area (Å²) in [5, 5.41) is 1.91. The van der Waals surface area contributed by atoms with E-state index in [1.54, 1.807) is 0 Å². The van der Waals surface area contributed by atoms with Crippen LogP contribution in [0.1, 0.15) is 71.8 Å². The number of benzene rings is 2. The predicted octanol–water partition coefficient (Wildman–Crippen LogP) is 7.05. The molecule has 12 heteroatoms. The maximum absolute atomic E-state index is 17.4. The van der Waals surface area contributed by atoms with E-state index >= 15 is 4.39 Å². The van der Waals surface area contributed by atoms with Crippen LogP contribution in [0.2, 0.25) is 0 Å². The van der Waals surface area contributed by atoms with Crippen LogP contribution < -0.4 is 14.4 Å². The lowest BCUT2D eigenvalue weighted by Gasteiger charge is -2.48. The fourth-order valence-electron chi connectivity index (χ4n) is 9.74. The number of carbonyl (C=O) groups excluding carboxylic acids is 1. The number of amides is 1. The summed E-state index contributed by atoms with van der Waals surface area (Å²) in [4.78, 5) is 34.6. The molecule has 10 nitrogen and oxygen atoms in total. The summed E-state index contributed by atoms with van der Waals surface area (Å²) in [6.45, 7) is 9.46. The summed E-state index contributed by atoms with van der Waals surface area (Å²) in [6, 6.07) is 10.5. The zero-order chi connectivity index (χ0) is 36.8. The molecule has 0 saturated carbocycles. The first-order valence-corrected chi connectivity index (χ1v) is 18.8. The van der Waals surface area contributed by atoms with Gasteiger partial charge in [0, 0.05) is 36.0 Å². The Morgan fingerprint density at radius 3 is 2.70 bits per heavy atom. The molecule has 5 aliphatic heterocycles. The lowest BCUT2D eigenvalue weighted by Crippen LogP contribution is -2.65. The first-order valence-electron chi connectivity index (χ1n) is 18.8. The van der Waals surface area contributed by atoms with Crippen LogP contribution in [0.3, 0.4) is 0 Å². The molecule has 5 aliphatic rings. The number of pyridine rings is 1. The van der Waals surface area contributed by atoms with Crippen LogP contribution in [-0.4, -0.2) is 98.6 Å². The van der Waals surface area contributed by atoms with Gasteiger partial charge in [-0.1, -0.05) is 43.2 Å². The van der Waals surface area contributed by atoms with E-state index in [4.69, 9.17) is 35.6 Å². The maximum Gasteiger partial charge on any atom is 0.410 e. The standard InChI is InChI=1S/C41H44F2N6O4/c1-6-23-11-8-12-24-13-9-14-27(30(23)24)33-32(43)34-31-36(46-38(45-34)51-22-41-17-10-18-47(41)20-25(42)19-41)48-21-26-15-16-28(49(26)39(50)53-40(3,4)5)35(48)29(7-2)52-37(31)44-33/h1,8-9,11-14,25-26,28-29,35H,7,10,15-22H2,2-5H3/t25-,26-,28+,29?,35+,41+/m1/s1. The van der Waals surface area contributed by atoms with Gasteiger partial charge in [-0.05, 0) is 70.9 Å². The molecule has 0 aliphatic carbocycles. The number of terminal acetylenes is 1. The van der Waals surface area contributed by atoms with Crippen molar-refractivity contribution in [3.05, 3.63) is 47.8 Å². The van der Waals surface area contributed by atoms with Gasteiger partial charge in [-0.15, -0.1) is 6.42 Å². The van der Waals surface area contributed by atoms with Gasteiger partial charge in [-0.25, -0.2) is 18.6 Å². The molecule has 0 radical (unpaired) electrons. The molecule has 276 valence electrons. The molecule has 1 unspecified atom stereocenters. The number of aromatic nitrogens is 3. The lowest BCUT2D eigenvalue weighted by molar-refractivity contribution is -0.000588. The minimum Gasteiger partial charge on any atom is -0.471 e. The van der Waals surface area contributed by atoms with Crippen LogP contribution in [0.25, 0.3) is 32.9 Å². The number of halogens is 2. The quantitative estimate of drug-likeness (QED) is 0.201. The molecule has 53 heavy (non-hydrogen) atoms. The van der Waals surface area contributed by atoms with Gasteiger partial charge >= 0.3 is 12.1 Å². The summed E-state index contributed by atoms with van der Waals surface area (Å²) in [6.07, 6.45) is 8.50. The van der Waals surface area contributed by atoms with E-state index in [1.165, 1.54) is 0 Å². The normalized spacial score (nSPS) is 27.7. The molecule has 2 bridgehead atoms. The molecule has 1 amide bonds. The Kier molecular flexibility index (Phi) is 7.97. The maximum atomic E-state index is 17.4. The molecule has 9 rings (SSSR count). The Balaban J connectivity index is 1.22.